The molecule has 1 saturated carbocycles. The fraction of sp³-hybridized carbons (Fsp3) is 0.625. The van der Waals surface area contributed by atoms with Gasteiger partial charge in [-0.3, -0.25) is 0 Å². The maximum absolute atomic E-state index is 12.2. The molecule has 1 aromatic rings. The lowest BCUT2D eigenvalue weighted by Crippen LogP contribution is -2.45. The standard InChI is InChI=1S/C16H22N2O4S/c19-23(20,14-4-5-14)18-8-6-13(7-9-18)17-10-12-2-1-3-15-16(12)22-11-21-15/h1-3,13-14,17H,4-11H2. The van der Waals surface area contributed by atoms with Crippen LogP contribution < -0.4 is 14.8 Å². The summed E-state index contributed by atoms with van der Waals surface area (Å²) >= 11 is 0. The number of rotatable bonds is 5. The number of ether oxygens (including phenoxy) is 2. The van der Waals surface area contributed by atoms with Crippen molar-refractivity contribution in [2.24, 2.45) is 0 Å². The highest BCUT2D eigenvalue weighted by Gasteiger charge is 2.41. The van der Waals surface area contributed by atoms with Gasteiger partial charge >= 0.3 is 0 Å². The number of hydrogen-bond acceptors (Lipinski definition) is 5. The number of nitrogens with one attached hydrogen (secondary N) is 1. The van der Waals surface area contributed by atoms with Crippen LogP contribution in [-0.2, 0) is 16.6 Å². The Bertz CT molecular complexity index is 679. The fourth-order valence-corrected chi connectivity index (χ4v) is 5.15. The molecule has 7 heteroatoms. The van der Waals surface area contributed by atoms with Gasteiger partial charge in [0.15, 0.2) is 11.5 Å². The van der Waals surface area contributed by atoms with Gasteiger partial charge in [-0.05, 0) is 31.7 Å². The highest BCUT2D eigenvalue weighted by atomic mass is 32.2. The first-order chi connectivity index (χ1) is 11.1. The number of piperidine rings is 1. The molecule has 2 aliphatic heterocycles. The molecule has 23 heavy (non-hydrogen) atoms. The van der Waals surface area contributed by atoms with Gasteiger partial charge in [-0.2, -0.15) is 0 Å². The Morgan fingerprint density at radius 3 is 2.65 bits per heavy atom. The van der Waals surface area contributed by atoms with Crippen molar-refractivity contribution in [2.45, 2.75) is 43.5 Å². The van der Waals surface area contributed by atoms with Crippen LogP contribution in [0.5, 0.6) is 11.5 Å². The van der Waals surface area contributed by atoms with Gasteiger partial charge in [-0.25, -0.2) is 12.7 Å². The largest absolute Gasteiger partial charge is 0.454 e. The van der Waals surface area contributed by atoms with Crippen LogP contribution in [0.2, 0.25) is 0 Å². The summed E-state index contributed by atoms with van der Waals surface area (Å²) in [5, 5.41) is 3.43. The summed E-state index contributed by atoms with van der Waals surface area (Å²) in [6.07, 6.45) is 3.39. The molecule has 0 amide bonds. The molecular weight excluding hydrogens is 316 g/mol. The van der Waals surface area contributed by atoms with E-state index in [2.05, 4.69) is 5.32 Å². The zero-order valence-corrected chi connectivity index (χ0v) is 13.8. The van der Waals surface area contributed by atoms with Crippen molar-refractivity contribution < 1.29 is 17.9 Å². The smallest absolute Gasteiger partial charge is 0.231 e. The molecule has 3 aliphatic rings. The average molecular weight is 338 g/mol. The van der Waals surface area contributed by atoms with Crippen LogP contribution in [0.15, 0.2) is 18.2 Å². The second-order valence-corrected chi connectivity index (χ2v) is 8.66. The molecule has 0 unspecified atom stereocenters. The van der Waals surface area contributed by atoms with Crippen molar-refractivity contribution in [2.75, 3.05) is 19.9 Å². The molecule has 0 spiro atoms. The summed E-state index contributed by atoms with van der Waals surface area (Å²) in [7, 11) is -3.02. The summed E-state index contributed by atoms with van der Waals surface area (Å²) in [4.78, 5) is 0. The van der Waals surface area contributed by atoms with Crippen molar-refractivity contribution in [1.29, 1.82) is 0 Å². The highest BCUT2D eigenvalue weighted by Crippen LogP contribution is 2.35. The summed E-state index contributed by atoms with van der Waals surface area (Å²) in [6, 6.07) is 6.26. The molecular formula is C16H22N2O4S. The molecule has 4 rings (SSSR count). The molecule has 0 bridgehead atoms. The lowest BCUT2D eigenvalue weighted by Gasteiger charge is -2.31. The minimum atomic E-state index is -3.02. The maximum Gasteiger partial charge on any atom is 0.231 e. The third-order valence-corrected chi connectivity index (χ3v) is 7.22. The minimum absolute atomic E-state index is 0.101. The van der Waals surface area contributed by atoms with E-state index in [1.165, 1.54) is 0 Å². The van der Waals surface area contributed by atoms with Crippen LogP contribution in [0, 0.1) is 0 Å². The maximum atomic E-state index is 12.2. The SMILES string of the molecule is O=S(=O)(C1CC1)N1CCC(NCc2cccc3c2OCO3)CC1. The quantitative estimate of drug-likeness (QED) is 0.880. The van der Waals surface area contributed by atoms with Gasteiger partial charge in [0.2, 0.25) is 16.8 Å². The predicted molar refractivity (Wildman–Crippen MR) is 85.9 cm³/mol. The number of hydrogen-bond donors (Lipinski definition) is 1. The van der Waals surface area contributed by atoms with Gasteiger partial charge in [0, 0.05) is 31.2 Å². The molecule has 0 atom stereocenters. The molecule has 126 valence electrons. The Morgan fingerprint density at radius 1 is 1.13 bits per heavy atom. The van der Waals surface area contributed by atoms with Crippen molar-refractivity contribution in [3.8, 4) is 11.5 Å². The normalized spacial score (nSPS) is 22.4. The molecule has 6 nitrogen and oxygen atoms in total. The van der Waals surface area contributed by atoms with E-state index < -0.39 is 10.0 Å². The Kier molecular flexibility index (Phi) is 3.95. The first-order valence-corrected chi connectivity index (χ1v) is 9.75. The van der Waals surface area contributed by atoms with Gasteiger partial charge in [0.25, 0.3) is 0 Å². The third-order valence-electron chi connectivity index (χ3n) is 4.82. The molecule has 1 aliphatic carbocycles. The van der Waals surface area contributed by atoms with E-state index in [9.17, 15) is 8.42 Å². The Labute approximate surface area is 136 Å². The number of para-hydroxylation sites is 1. The topological polar surface area (TPSA) is 67.9 Å². The molecule has 1 N–H and O–H groups in total. The van der Waals surface area contributed by atoms with E-state index in [-0.39, 0.29) is 12.0 Å². The van der Waals surface area contributed by atoms with Gasteiger partial charge in [-0.15, -0.1) is 0 Å². The van der Waals surface area contributed by atoms with Crippen molar-refractivity contribution in [1.82, 2.24) is 9.62 Å². The molecule has 1 aromatic carbocycles. The van der Waals surface area contributed by atoms with Crippen LogP contribution >= 0.6 is 0 Å². The van der Waals surface area contributed by atoms with Gasteiger partial charge in [0.1, 0.15) is 0 Å². The molecule has 2 fully saturated rings. The number of nitrogens with zero attached hydrogens (tertiary/aromatic N) is 1. The highest BCUT2D eigenvalue weighted by molar-refractivity contribution is 7.90. The zero-order chi connectivity index (χ0) is 15.9. The van der Waals surface area contributed by atoms with E-state index in [4.69, 9.17) is 9.47 Å². The van der Waals surface area contributed by atoms with E-state index >= 15 is 0 Å². The summed E-state index contributed by atoms with van der Waals surface area (Å²) in [5.41, 5.74) is 1.09. The average Bonchev–Trinajstić information content (AvgIpc) is 3.32. The minimum Gasteiger partial charge on any atom is -0.454 e. The Hall–Kier alpha value is -1.31. The molecule has 0 radical (unpaired) electrons. The van der Waals surface area contributed by atoms with E-state index in [1.807, 2.05) is 18.2 Å². The summed E-state index contributed by atoms with van der Waals surface area (Å²) in [6.45, 7) is 2.25. The van der Waals surface area contributed by atoms with E-state index in [0.717, 1.165) is 42.7 Å². The summed E-state index contributed by atoms with van der Waals surface area (Å²) in [5.74, 6) is 1.63. The monoisotopic (exact) mass is 338 g/mol. The van der Waals surface area contributed by atoms with Crippen LogP contribution in [-0.4, -0.2) is 43.9 Å². The third kappa shape index (κ3) is 3.05. The van der Waals surface area contributed by atoms with Crippen LogP contribution in [0.3, 0.4) is 0 Å². The lowest BCUT2D eigenvalue weighted by atomic mass is 10.1. The Morgan fingerprint density at radius 2 is 1.91 bits per heavy atom. The lowest BCUT2D eigenvalue weighted by molar-refractivity contribution is 0.173. The first-order valence-electron chi connectivity index (χ1n) is 8.24. The van der Waals surface area contributed by atoms with Gasteiger partial charge < -0.3 is 14.8 Å². The fourth-order valence-electron chi connectivity index (χ4n) is 3.28. The second kappa shape index (κ2) is 5.96. The molecule has 0 aromatic heterocycles. The van der Waals surface area contributed by atoms with Gasteiger partial charge in [0.05, 0.1) is 5.25 Å². The van der Waals surface area contributed by atoms with E-state index in [0.29, 0.717) is 25.7 Å². The van der Waals surface area contributed by atoms with Crippen LogP contribution in [0.4, 0.5) is 0 Å². The predicted octanol–water partition coefficient (Wildman–Crippen LogP) is 1.46. The van der Waals surface area contributed by atoms with Crippen molar-refractivity contribution in [3.63, 3.8) is 0 Å². The first kappa shape index (κ1) is 15.2. The number of benzene rings is 1. The van der Waals surface area contributed by atoms with Gasteiger partial charge in [-0.1, -0.05) is 12.1 Å². The molecule has 1 saturated heterocycles. The second-order valence-electron chi connectivity index (χ2n) is 6.45. The van der Waals surface area contributed by atoms with Crippen molar-refractivity contribution in [3.05, 3.63) is 23.8 Å². The number of fused-ring (bicyclic) bond motifs is 1. The van der Waals surface area contributed by atoms with Crippen molar-refractivity contribution >= 4 is 10.0 Å². The van der Waals surface area contributed by atoms with Crippen LogP contribution in [0.1, 0.15) is 31.2 Å². The number of sulfonamides is 1. The zero-order valence-electron chi connectivity index (χ0n) is 13.0. The van der Waals surface area contributed by atoms with E-state index in [1.54, 1.807) is 4.31 Å². The van der Waals surface area contributed by atoms with Crippen LogP contribution in [0.25, 0.3) is 0 Å². The Balaban J connectivity index is 1.31. The molecule has 2 heterocycles. The summed E-state index contributed by atoms with van der Waals surface area (Å²) < 4.78 is 37.1.